The highest BCUT2D eigenvalue weighted by Crippen LogP contribution is 2.31. The molecule has 3 rings (SSSR count). The number of hydrogen-bond donors (Lipinski definition) is 1. The molecule has 26 heavy (non-hydrogen) atoms. The van der Waals surface area contributed by atoms with Gasteiger partial charge in [0.25, 0.3) is 5.91 Å². The van der Waals surface area contributed by atoms with Crippen LogP contribution in [0.15, 0.2) is 42.5 Å². The first-order valence-corrected chi connectivity index (χ1v) is 8.22. The summed E-state index contributed by atoms with van der Waals surface area (Å²) in [5.41, 5.74) is 0.0379. The molecule has 1 N–H and O–H groups in total. The van der Waals surface area contributed by atoms with E-state index in [0.29, 0.717) is 30.1 Å². The van der Waals surface area contributed by atoms with E-state index in [1.165, 1.54) is 35.2 Å². The van der Waals surface area contributed by atoms with Crippen molar-refractivity contribution in [2.24, 2.45) is 0 Å². The molecule has 0 unspecified atom stereocenters. The number of halogens is 4. The van der Waals surface area contributed by atoms with Crippen LogP contribution in [0.3, 0.4) is 0 Å². The molecule has 2 aromatic rings. The lowest BCUT2D eigenvalue weighted by molar-refractivity contribution is -0.137. The van der Waals surface area contributed by atoms with E-state index in [1.54, 1.807) is 0 Å². The number of rotatable bonds is 3. The third-order valence-electron chi connectivity index (χ3n) is 4.04. The van der Waals surface area contributed by atoms with Gasteiger partial charge in [-0.3, -0.25) is 9.59 Å². The van der Waals surface area contributed by atoms with Gasteiger partial charge in [0, 0.05) is 23.7 Å². The third kappa shape index (κ3) is 3.83. The average Bonchev–Trinajstić information content (AvgIpc) is 3.00. The van der Waals surface area contributed by atoms with Gasteiger partial charge in [0.05, 0.1) is 16.8 Å². The summed E-state index contributed by atoms with van der Waals surface area (Å²) in [6.45, 7) is 0.486. The Hall–Kier alpha value is -2.54. The van der Waals surface area contributed by atoms with Crippen LogP contribution >= 0.6 is 11.6 Å². The number of carbonyl (C=O) groups is 2. The van der Waals surface area contributed by atoms with Crippen molar-refractivity contribution in [3.63, 3.8) is 0 Å². The number of hydrogen-bond acceptors (Lipinski definition) is 2. The Balaban J connectivity index is 1.85. The van der Waals surface area contributed by atoms with Gasteiger partial charge in [-0.05, 0) is 48.9 Å². The maximum Gasteiger partial charge on any atom is 0.416 e. The van der Waals surface area contributed by atoms with E-state index in [9.17, 15) is 22.8 Å². The molecule has 136 valence electrons. The second kappa shape index (κ2) is 6.99. The first-order chi connectivity index (χ1) is 12.3. The molecular formula is C18H14ClF3N2O2. The molecule has 2 amide bonds. The Bertz CT molecular complexity index is 851. The van der Waals surface area contributed by atoms with Gasteiger partial charge >= 0.3 is 6.18 Å². The van der Waals surface area contributed by atoms with E-state index in [1.807, 2.05) is 0 Å². The SMILES string of the molecule is O=C(Nc1ccc(C(F)(F)F)cc1)c1ccc(Cl)cc1N1CCCC1=O. The summed E-state index contributed by atoms with van der Waals surface area (Å²) < 4.78 is 37.8. The van der Waals surface area contributed by atoms with Gasteiger partial charge in [-0.15, -0.1) is 0 Å². The summed E-state index contributed by atoms with van der Waals surface area (Å²) in [7, 11) is 0. The van der Waals surface area contributed by atoms with Crippen molar-refractivity contribution in [1.29, 1.82) is 0 Å². The minimum atomic E-state index is -4.44. The van der Waals surface area contributed by atoms with Crippen LogP contribution in [0.4, 0.5) is 24.5 Å². The van der Waals surface area contributed by atoms with Crippen LogP contribution in [0.1, 0.15) is 28.8 Å². The lowest BCUT2D eigenvalue weighted by Gasteiger charge is -2.20. The van der Waals surface area contributed by atoms with Gasteiger partial charge in [-0.2, -0.15) is 13.2 Å². The lowest BCUT2D eigenvalue weighted by Crippen LogP contribution is -2.27. The quantitative estimate of drug-likeness (QED) is 0.833. The zero-order valence-electron chi connectivity index (χ0n) is 13.4. The van der Waals surface area contributed by atoms with Crippen LogP contribution < -0.4 is 10.2 Å². The number of nitrogens with one attached hydrogen (secondary N) is 1. The van der Waals surface area contributed by atoms with Crippen molar-refractivity contribution in [1.82, 2.24) is 0 Å². The van der Waals surface area contributed by atoms with Crippen molar-refractivity contribution < 1.29 is 22.8 Å². The highest BCUT2D eigenvalue weighted by Gasteiger charge is 2.30. The van der Waals surface area contributed by atoms with E-state index in [4.69, 9.17) is 11.6 Å². The topological polar surface area (TPSA) is 49.4 Å². The smallest absolute Gasteiger partial charge is 0.322 e. The highest BCUT2D eigenvalue weighted by molar-refractivity contribution is 6.31. The molecule has 0 atom stereocenters. The van der Waals surface area contributed by atoms with Crippen molar-refractivity contribution in [3.8, 4) is 0 Å². The maximum atomic E-state index is 12.6. The fourth-order valence-corrected chi connectivity index (χ4v) is 2.93. The largest absolute Gasteiger partial charge is 0.416 e. The zero-order valence-corrected chi connectivity index (χ0v) is 14.2. The predicted octanol–water partition coefficient (Wildman–Crippen LogP) is 4.74. The molecule has 1 saturated heterocycles. The van der Waals surface area contributed by atoms with E-state index in [-0.39, 0.29) is 17.2 Å². The summed E-state index contributed by atoms with van der Waals surface area (Å²) in [4.78, 5) is 26.1. The highest BCUT2D eigenvalue weighted by atomic mass is 35.5. The average molecular weight is 383 g/mol. The van der Waals surface area contributed by atoms with Crippen molar-refractivity contribution in [2.45, 2.75) is 19.0 Å². The van der Waals surface area contributed by atoms with Crippen molar-refractivity contribution >= 4 is 34.8 Å². The molecule has 4 nitrogen and oxygen atoms in total. The van der Waals surface area contributed by atoms with E-state index >= 15 is 0 Å². The molecule has 1 heterocycles. The monoisotopic (exact) mass is 382 g/mol. The molecule has 1 aliphatic heterocycles. The number of carbonyl (C=O) groups excluding carboxylic acids is 2. The van der Waals surface area contributed by atoms with Gasteiger partial charge < -0.3 is 10.2 Å². The first kappa shape index (κ1) is 18.3. The summed E-state index contributed by atoms with van der Waals surface area (Å²) in [5.74, 6) is -0.632. The summed E-state index contributed by atoms with van der Waals surface area (Å²) >= 11 is 5.99. The van der Waals surface area contributed by atoms with Crippen LogP contribution in [-0.2, 0) is 11.0 Å². The summed E-state index contributed by atoms with van der Waals surface area (Å²) in [6, 6.07) is 8.68. The summed E-state index contributed by atoms with van der Waals surface area (Å²) in [5, 5.41) is 2.93. The molecule has 0 saturated carbocycles. The number of amides is 2. The molecular weight excluding hydrogens is 369 g/mol. The molecule has 1 fully saturated rings. The molecule has 1 aliphatic rings. The van der Waals surface area contributed by atoms with Crippen molar-refractivity contribution in [3.05, 3.63) is 58.6 Å². The van der Waals surface area contributed by atoms with E-state index in [0.717, 1.165) is 12.1 Å². The van der Waals surface area contributed by atoms with Gasteiger partial charge in [0.15, 0.2) is 0 Å². The molecule has 0 radical (unpaired) electrons. The first-order valence-electron chi connectivity index (χ1n) is 7.84. The zero-order chi connectivity index (χ0) is 18.9. The van der Waals surface area contributed by atoms with Gasteiger partial charge in [0.1, 0.15) is 0 Å². The maximum absolute atomic E-state index is 12.6. The Labute approximate surface area is 152 Å². The second-order valence-corrected chi connectivity index (χ2v) is 6.28. The number of benzene rings is 2. The van der Waals surface area contributed by atoms with E-state index < -0.39 is 17.6 Å². The van der Waals surface area contributed by atoms with Crippen LogP contribution in [0, 0.1) is 0 Å². The molecule has 0 bridgehead atoms. The Morgan fingerprint density at radius 1 is 1.12 bits per heavy atom. The number of alkyl halides is 3. The summed E-state index contributed by atoms with van der Waals surface area (Å²) in [6.07, 6.45) is -3.36. The molecule has 2 aromatic carbocycles. The van der Waals surface area contributed by atoms with Crippen molar-refractivity contribution in [2.75, 3.05) is 16.8 Å². The fraction of sp³-hybridized carbons (Fsp3) is 0.222. The molecule has 0 spiro atoms. The number of anilines is 2. The van der Waals surface area contributed by atoms with Gasteiger partial charge in [-0.1, -0.05) is 11.6 Å². The van der Waals surface area contributed by atoms with Crippen LogP contribution in [-0.4, -0.2) is 18.4 Å². The molecule has 0 aliphatic carbocycles. The molecule has 8 heteroatoms. The van der Waals surface area contributed by atoms with Crippen LogP contribution in [0.2, 0.25) is 5.02 Å². The number of nitrogens with zero attached hydrogens (tertiary/aromatic N) is 1. The normalized spacial score (nSPS) is 14.6. The lowest BCUT2D eigenvalue weighted by atomic mass is 10.1. The van der Waals surface area contributed by atoms with Gasteiger partial charge in [0.2, 0.25) is 5.91 Å². The second-order valence-electron chi connectivity index (χ2n) is 5.84. The van der Waals surface area contributed by atoms with E-state index in [2.05, 4.69) is 5.32 Å². The standard InChI is InChI=1S/C18H14ClF3N2O2/c19-12-5-8-14(15(10-12)24-9-1-2-16(24)25)17(26)23-13-6-3-11(4-7-13)18(20,21)22/h3-8,10H,1-2,9H2,(H,23,26). The third-order valence-corrected chi connectivity index (χ3v) is 4.27. The van der Waals surface area contributed by atoms with Crippen LogP contribution in [0.25, 0.3) is 0 Å². The van der Waals surface area contributed by atoms with Crippen LogP contribution in [0.5, 0.6) is 0 Å². The fourth-order valence-electron chi connectivity index (χ4n) is 2.76. The minimum Gasteiger partial charge on any atom is -0.322 e. The van der Waals surface area contributed by atoms with Gasteiger partial charge in [-0.25, -0.2) is 0 Å². The Morgan fingerprint density at radius 2 is 1.81 bits per heavy atom. The minimum absolute atomic E-state index is 0.101. The molecule has 0 aromatic heterocycles. The Kier molecular flexibility index (Phi) is 4.91. The Morgan fingerprint density at radius 3 is 2.38 bits per heavy atom. The predicted molar refractivity (Wildman–Crippen MR) is 92.4 cm³/mol.